The maximum atomic E-state index is 2.39. The summed E-state index contributed by atoms with van der Waals surface area (Å²) in [6, 6.07) is 19.4. The minimum atomic E-state index is -0.00879. The molecule has 2 aromatic carbocycles. The second-order valence-corrected chi connectivity index (χ2v) is 7.53. The van der Waals surface area contributed by atoms with Gasteiger partial charge in [-0.25, -0.2) is 0 Å². The van der Waals surface area contributed by atoms with Gasteiger partial charge in [0.05, 0.1) is 11.2 Å². The number of hydrogen-bond acceptors (Lipinski definition) is 0. The number of fused-ring (bicyclic) bond motifs is 5. The van der Waals surface area contributed by atoms with Crippen LogP contribution >= 0.6 is 0 Å². The number of para-hydroxylation sites is 2. The van der Waals surface area contributed by atoms with Gasteiger partial charge in [0.2, 0.25) is 0 Å². The standard InChI is InChI=1S/C25H21N/c1-25(2)18-10-6-7-11-19(25)17-24-22(16-18)21-14-8-9-15-23(21)26(24)20-12-4-3-5-13-20/h3-17H,1-2H3. The molecule has 5 rings (SSSR count). The molecule has 0 spiro atoms. The zero-order chi connectivity index (χ0) is 17.7. The Morgan fingerprint density at radius 1 is 0.731 bits per heavy atom. The van der Waals surface area contributed by atoms with E-state index in [0.717, 1.165) is 0 Å². The second kappa shape index (κ2) is 5.47. The van der Waals surface area contributed by atoms with Crippen LogP contribution in [0.2, 0.25) is 0 Å². The Hall–Kier alpha value is -3.06. The summed E-state index contributed by atoms with van der Waals surface area (Å²) in [5.41, 5.74) is 7.70. The largest absolute Gasteiger partial charge is 0.309 e. The normalized spacial score (nSPS) is 17.3. The number of allylic oxidation sites excluding steroid dienone is 6. The molecule has 1 aromatic heterocycles. The molecular weight excluding hydrogens is 314 g/mol. The molecule has 2 aliphatic rings. The van der Waals surface area contributed by atoms with E-state index in [0.29, 0.717) is 0 Å². The van der Waals surface area contributed by atoms with Crippen molar-refractivity contribution in [2.45, 2.75) is 13.8 Å². The molecule has 0 saturated heterocycles. The van der Waals surface area contributed by atoms with Gasteiger partial charge in [0.25, 0.3) is 0 Å². The molecule has 1 heteroatoms. The van der Waals surface area contributed by atoms with Crippen molar-refractivity contribution in [3.8, 4) is 5.69 Å². The van der Waals surface area contributed by atoms with Crippen LogP contribution < -0.4 is 0 Å². The molecule has 1 heterocycles. The van der Waals surface area contributed by atoms with E-state index in [1.54, 1.807) is 0 Å². The average molecular weight is 335 g/mol. The van der Waals surface area contributed by atoms with Gasteiger partial charge in [-0.2, -0.15) is 0 Å². The van der Waals surface area contributed by atoms with Crippen LogP contribution in [0.15, 0.2) is 90.0 Å². The second-order valence-electron chi connectivity index (χ2n) is 7.53. The van der Waals surface area contributed by atoms with Crippen LogP contribution in [-0.2, 0) is 0 Å². The number of rotatable bonds is 1. The van der Waals surface area contributed by atoms with Gasteiger partial charge in [0.1, 0.15) is 0 Å². The lowest BCUT2D eigenvalue weighted by molar-refractivity contribution is 0.576. The molecule has 0 aliphatic heterocycles. The van der Waals surface area contributed by atoms with E-state index in [9.17, 15) is 0 Å². The van der Waals surface area contributed by atoms with Crippen molar-refractivity contribution in [2.24, 2.45) is 5.41 Å². The highest BCUT2D eigenvalue weighted by Crippen LogP contribution is 2.45. The molecular formula is C25H21N. The Labute approximate surface area is 154 Å². The molecule has 0 fully saturated rings. The van der Waals surface area contributed by atoms with E-state index in [4.69, 9.17) is 0 Å². The first-order chi connectivity index (χ1) is 12.7. The number of benzene rings is 2. The fraction of sp³-hybridized carbons (Fsp3) is 0.120. The molecule has 0 atom stereocenters. The number of nitrogens with zero attached hydrogens (tertiary/aromatic N) is 1. The minimum absolute atomic E-state index is 0.00879. The summed E-state index contributed by atoms with van der Waals surface area (Å²) in [6.45, 7) is 4.62. The van der Waals surface area contributed by atoms with E-state index in [1.165, 1.54) is 39.0 Å². The molecule has 0 radical (unpaired) electrons. The third kappa shape index (κ3) is 2.10. The summed E-state index contributed by atoms with van der Waals surface area (Å²) >= 11 is 0. The van der Waals surface area contributed by atoms with Crippen molar-refractivity contribution in [1.29, 1.82) is 0 Å². The maximum Gasteiger partial charge on any atom is 0.0544 e. The summed E-state index contributed by atoms with van der Waals surface area (Å²) in [6.07, 6.45) is 13.5. The van der Waals surface area contributed by atoms with Gasteiger partial charge in [-0.1, -0.05) is 74.5 Å². The van der Waals surface area contributed by atoms with Gasteiger partial charge >= 0.3 is 0 Å². The first kappa shape index (κ1) is 15.2. The lowest BCUT2D eigenvalue weighted by atomic mass is 9.77. The molecule has 0 N–H and O–H groups in total. The van der Waals surface area contributed by atoms with E-state index < -0.39 is 0 Å². The highest BCUT2D eigenvalue weighted by atomic mass is 15.0. The van der Waals surface area contributed by atoms with Gasteiger partial charge < -0.3 is 4.57 Å². The van der Waals surface area contributed by atoms with E-state index in [-0.39, 0.29) is 5.41 Å². The summed E-state index contributed by atoms with van der Waals surface area (Å²) in [5, 5.41) is 1.30. The molecule has 0 amide bonds. The lowest BCUT2D eigenvalue weighted by Crippen LogP contribution is -2.14. The smallest absolute Gasteiger partial charge is 0.0544 e. The third-order valence-electron chi connectivity index (χ3n) is 5.66. The third-order valence-corrected chi connectivity index (χ3v) is 5.66. The summed E-state index contributed by atoms with van der Waals surface area (Å²) in [4.78, 5) is 0. The van der Waals surface area contributed by atoms with Gasteiger partial charge in [-0.3, -0.25) is 0 Å². The summed E-state index contributed by atoms with van der Waals surface area (Å²) < 4.78 is 2.39. The fourth-order valence-electron chi connectivity index (χ4n) is 4.10. The van der Waals surface area contributed by atoms with E-state index in [1.807, 2.05) is 0 Å². The quantitative estimate of drug-likeness (QED) is 0.474. The van der Waals surface area contributed by atoms with Crippen LogP contribution in [0.3, 0.4) is 0 Å². The van der Waals surface area contributed by atoms with Crippen LogP contribution in [-0.4, -0.2) is 4.57 Å². The Kier molecular flexibility index (Phi) is 3.20. The molecule has 2 bridgehead atoms. The minimum Gasteiger partial charge on any atom is -0.309 e. The topological polar surface area (TPSA) is 4.93 Å². The van der Waals surface area contributed by atoms with Crippen LogP contribution in [0, 0.1) is 5.41 Å². The van der Waals surface area contributed by atoms with Crippen LogP contribution in [0.25, 0.3) is 28.7 Å². The maximum absolute atomic E-state index is 2.39. The van der Waals surface area contributed by atoms with Crippen molar-refractivity contribution in [3.05, 3.63) is 101 Å². The van der Waals surface area contributed by atoms with Crippen LogP contribution in [0.4, 0.5) is 0 Å². The number of aromatic nitrogens is 1. The van der Waals surface area contributed by atoms with Crippen molar-refractivity contribution in [2.75, 3.05) is 0 Å². The molecule has 1 nitrogen and oxygen atoms in total. The predicted octanol–water partition coefficient (Wildman–Crippen LogP) is 6.56. The van der Waals surface area contributed by atoms with Crippen molar-refractivity contribution < 1.29 is 0 Å². The van der Waals surface area contributed by atoms with Gasteiger partial charge in [-0.05, 0) is 41.5 Å². The predicted molar refractivity (Wildman–Crippen MR) is 111 cm³/mol. The van der Waals surface area contributed by atoms with E-state index >= 15 is 0 Å². The highest BCUT2D eigenvalue weighted by molar-refractivity contribution is 5.97. The van der Waals surface area contributed by atoms with Crippen LogP contribution in [0.5, 0.6) is 0 Å². The Morgan fingerprint density at radius 3 is 2.15 bits per heavy atom. The van der Waals surface area contributed by atoms with E-state index in [2.05, 4.69) is 109 Å². The molecule has 0 saturated carbocycles. The molecule has 2 aliphatic carbocycles. The zero-order valence-electron chi connectivity index (χ0n) is 15.1. The van der Waals surface area contributed by atoms with Gasteiger partial charge in [0.15, 0.2) is 0 Å². The average Bonchev–Trinajstić information content (AvgIpc) is 2.83. The van der Waals surface area contributed by atoms with Gasteiger partial charge in [-0.15, -0.1) is 0 Å². The SMILES string of the molecule is CC1(C)C2=Cc3c(n(-c4ccccc4)c4ccccc34)C=C1C=CC=C2. The Balaban J connectivity index is 1.95. The molecule has 3 aromatic rings. The molecule has 26 heavy (non-hydrogen) atoms. The molecule has 0 unspecified atom stereocenters. The Bertz CT molecular complexity index is 1130. The van der Waals surface area contributed by atoms with Gasteiger partial charge in [0, 0.05) is 22.1 Å². The van der Waals surface area contributed by atoms with Crippen LogP contribution in [0.1, 0.15) is 25.1 Å². The van der Waals surface area contributed by atoms with Crippen molar-refractivity contribution >= 4 is 23.1 Å². The lowest BCUT2D eigenvalue weighted by Gasteiger charge is -2.26. The van der Waals surface area contributed by atoms with Crippen molar-refractivity contribution in [1.82, 2.24) is 4.57 Å². The fourth-order valence-corrected chi connectivity index (χ4v) is 4.10. The Morgan fingerprint density at radius 2 is 1.38 bits per heavy atom. The molecule has 126 valence electrons. The zero-order valence-corrected chi connectivity index (χ0v) is 15.1. The first-order valence-electron chi connectivity index (χ1n) is 9.14. The highest BCUT2D eigenvalue weighted by Gasteiger charge is 2.30. The number of hydrogen-bond donors (Lipinski definition) is 0. The monoisotopic (exact) mass is 335 g/mol. The summed E-state index contributed by atoms with van der Waals surface area (Å²) in [7, 11) is 0. The van der Waals surface area contributed by atoms with Crippen molar-refractivity contribution in [3.63, 3.8) is 0 Å². The first-order valence-corrected chi connectivity index (χ1v) is 9.14. The summed E-state index contributed by atoms with van der Waals surface area (Å²) in [5.74, 6) is 0.